The molecule has 0 saturated carbocycles. The van der Waals surface area contributed by atoms with Crippen LogP contribution in [0.3, 0.4) is 0 Å². The first-order valence-electron chi connectivity index (χ1n) is 8.89. The van der Waals surface area contributed by atoms with E-state index in [2.05, 4.69) is 15.3 Å². The largest absolute Gasteiger partial charge is 0.480 e. The summed E-state index contributed by atoms with van der Waals surface area (Å²) >= 11 is 5.82. The van der Waals surface area contributed by atoms with Gasteiger partial charge in [0.15, 0.2) is 11.7 Å². The fraction of sp³-hybridized carbons (Fsp3) is 0.263. The van der Waals surface area contributed by atoms with Crippen molar-refractivity contribution in [2.24, 2.45) is 5.92 Å². The molecule has 1 aliphatic heterocycles. The fourth-order valence-electron chi connectivity index (χ4n) is 2.80. The predicted molar refractivity (Wildman–Crippen MR) is 103 cm³/mol. The van der Waals surface area contributed by atoms with E-state index in [1.54, 1.807) is 24.3 Å². The van der Waals surface area contributed by atoms with Crippen molar-refractivity contribution in [1.29, 1.82) is 0 Å². The number of aliphatic carboxylic acids is 1. The lowest BCUT2D eigenvalue weighted by molar-refractivity contribution is -0.152. The van der Waals surface area contributed by atoms with Gasteiger partial charge in [-0.3, -0.25) is 24.2 Å². The summed E-state index contributed by atoms with van der Waals surface area (Å²) in [6.45, 7) is -0.495. The molecule has 1 atom stereocenters. The number of ketones is 1. The van der Waals surface area contributed by atoms with Crippen molar-refractivity contribution < 1.29 is 29.0 Å². The summed E-state index contributed by atoms with van der Waals surface area (Å²) in [7, 11) is 0. The molecule has 1 fully saturated rings. The number of piperidine rings is 1. The minimum atomic E-state index is -1.56. The minimum absolute atomic E-state index is 0.0118. The minimum Gasteiger partial charge on any atom is -0.480 e. The molecular weight excluding hydrogens is 416 g/mol. The third-order valence-corrected chi connectivity index (χ3v) is 4.51. The maximum absolute atomic E-state index is 12.6. The number of hydrogen-bond acceptors (Lipinski definition) is 7. The molecular formula is C19H17ClN4O6. The Labute approximate surface area is 175 Å². The SMILES string of the molecule is O=C(O)CNC(=O)C1C(=O)CCN(Cc2cnc(Oc3ccc(Cl)cc3)cn2)C1=O. The number of amides is 2. The molecule has 1 aromatic heterocycles. The van der Waals surface area contributed by atoms with Crippen LogP contribution in [0.5, 0.6) is 11.6 Å². The van der Waals surface area contributed by atoms with Gasteiger partial charge in [0, 0.05) is 18.0 Å². The van der Waals surface area contributed by atoms with Crippen molar-refractivity contribution in [3.63, 3.8) is 0 Å². The van der Waals surface area contributed by atoms with E-state index < -0.39 is 36.0 Å². The van der Waals surface area contributed by atoms with E-state index in [0.29, 0.717) is 16.5 Å². The highest BCUT2D eigenvalue weighted by atomic mass is 35.5. The molecule has 1 saturated heterocycles. The second-order valence-electron chi connectivity index (χ2n) is 6.42. The smallest absolute Gasteiger partial charge is 0.322 e. The number of rotatable bonds is 7. The number of ether oxygens (including phenoxy) is 1. The van der Waals surface area contributed by atoms with Gasteiger partial charge in [-0.1, -0.05) is 11.6 Å². The Morgan fingerprint density at radius 1 is 1.20 bits per heavy atom. The highest BCUT2D eigenvalue weighted by molar-refractivity contribution is 6.30. The molecule has 10 nitrogen and oxygen atoms in total. The number of carbonyl (C=O) groups is 4. The van der Waals surface area contributed by atoms with Crippen molar-refractivity contribution in [2.75, 3.05) is 13.1 Å². The molecule has 30 heavy (non-hydrogen) atoms. The van der Waals surface area contributed by atoms with Crippen LogP contribution in [0.15, 0.2) is 36.7 Å². The topological polar surface area (TPSA) is 139 Å². The average Bonchev–Trinajstić information content (AvgIpc) is 2.72. The van der Waals surface area contributed by atoms with Crippen molar-refractivity contribution in [3.8, 4) is 11.6 Å². The summed E-state index contributed by atoms with van der Waals surface area (Å²) in [4.78, 5) is 56.9. The van der Waals surface area contributed by atoms with Crippen LogP contribution in [0.1, 0.15) is 12.1 Å². The Morgan fingerprint density at radius 3 is 2.57 bits per heavy atom. The van der Waals surface area contributed by atoms with Crippen LogP contribution in [0.2, 0.25) is 5.02 Å². The molecule has 2 amide bonds. The summed E-state index contributed by atoms with van der Waals surface area (Å²) in [6.07, 6.45) is 2.80. The van der Waals surface area contributed by atoms with Crippen molar-refractivity contribution in [1.82, 2.24) is 20.2 Å². The van der Waals surface area contributed by atoms with Crippen LogP contribution in [-0.2, 0) is 25.7 Å². The summed E-state index contributed by atoms with van der Waals surface area (Å²) < 4.78 is 5.55. The van der Waals surface area contributed by atoms with Crippen LogP contribution in [0, 0.1) is 5.92 Å². The fourth-order valence-corrected chi connectivity index (χ4v) is 2.92. The number of nitrogens with one attached hydrogen (secondary N) is 1. The lowest BCUT2D eigenvalue weighted by atomic mass is 9.94. The maximum atomic E-state index is 12.6. The van der Waals surface area contributed by atoms with E-state index in [0.717, 1.165) is 0 Å². The Bertz CT molecular complexity index is 964. The van der Waals surface area contributed by atoms with Gasteiger partial charge in [-0.25, -0.2) is 4.98 Å². The zero-order chi connectivity index (χ0) is 21.7. The van der Waals surface area contributed by atoms with E-state index in [4.69, 9.17) is 21.4 Å². The standard InChI is InChI=1S/C19H17ClN4O6/c20-11-1-3-13(4-2-11)30-15-8-21-12(7-22-15)10-24-6-5-14(25)17(19(24)29)18(28)23-9-16(26)27/h1-4,7-8,17H,5-6,9-10H2,(H,23,28)(H,26,27). The van der Waals surface area contributed by atoms with Gasteiger partial charge in [0.25, 0.3) is 0 Å². The van der Waals surface area contributed by atoms with Crippen LogP contribution in [0.25, 0.3) is 0 Å². The van der Waals surface area contributed by atoms with Gasteiger partial charge in [0.2, 0.25) is 17.7 Å². The summed E-state index contributed by atoms with van der Waals surface area (Å²) in [5.41, 5.74) is 0.436. The Balaban J connectivity index is 1.62. The van der Waals surface area contributed by atoms with Gasteiger partial charge in [0.05, 0.1) is 24.6 Å². The summed E-state index contributed by atoms with van der Waals surface area (Å²) in [5.74, 6) is -4.22. The number of halogens is 1. The number of benzene rings is 1. The second-order valence-corrected chi connectivity index (χ2v) is 6.86. The quantitative estimate of drug-likeness (QED) is 0.619. The third-order valence-electron chi connectivity index (χ3n) is 4.26. The molecule has 0 aliphatic carbocycles. The molecule has 1 aliphatic rings. The molecule has 11 heteroatoms. The number of aromatic nitrogens is 2. The number of Topliss-reactive ketones (excluding diaryl/α,β-unsaturated/α-hetero) is 1. The molecule has 0 bridgehead atoms. The molecule has 0 spiro atoms. The zero-order valence-electron chi connectivity index (χ0n) is 15.6. The highest BCUT2D eigenvalue weighted by Crippen LogP contribution is 2.22. The average molecular weight is 433 g/mol. The molecule has 0 radical (unpaired) electrons. The lowest BCUT2D eigenvalue weighted by Gasteiger charge is -2.30. The number of carbonyl (C=O) groups excluding carboxylic acids is 3. The Hall–Kier alpha value is -3.53. The summed E-state index contributed by atoms with van der Waals surface area (Å²) in [5, 5.41) is 11.3. The van der Waals surface area contributed by atoms with Crippen molar-refractivity contribution in [3.05, 3.63) is 47.4 Å². The van der Waals surface area contributed by atoms with Crippen LogP contribution < -0.4 is 10.1 Å². The normalized spacial score (nSPS) is 16.3. The molecule has 2 N–H and O–H groups in total. The van der Waals surface area contributed by atoms with Gasteiger partial charge in [-0.2, -0.15) is 0 Å². The first-order valence-corrected chi connectivity index (χ1v) is 9.26. The number of nitrogens with zero attached hydrogens (tertiary/aromatic N) is 3. The maximum Gasteiger partial charge on any atom is 0.322 e. The van der Waals surface area contributed by atoms with Crippen molar-refractivity contribution in [2.45, 2.75) is 13.0 Å². The molecule has 2 aromatic rings. The van der Waals surface area contributed by atoms with Crippen molar-refractivity contribution >= 4 is 35.2 Å². The van der Waals surface area contributed by atoms with Gasteiger partial charge >= 0.3 is 5.97 Å². The number of hydrogen-bond donors (Lipinski definition) is 2. The first-order chi connectivity index (χ1) is 14.3. The lowest BCUT2D eigenvalue weighted by Crippen LogP contribution is -2.52. The predicted octanol–water partition coefficient (Wildman–Crippen LogP) is 1.04. The summed E-state index contributed by atoms with van der Waals surface area (Å²) in [6, 6.07) is 6.70. The van der Waals surface area contributed by atoms with Gasteiger partial charge in [-0.05, 0) is 24.3 Å². The molecule has 3 rings (SSSR count). The zero-order valence-corrected chi connectivity index (χ0v) is 16.3. The Morgan fingerprint density at radius 2 is 1.93 bits per heavy atom. The number of carboxylic acid groups (broad SMARTS) is 1. The van der Waals surface area contributed by atoms with Crippen LogP contribution in [0.4, 0.5) is 0 Å². The third kappa shape index (κ3) is 5.29. The first kappa shape index (κ1) is 21.2. The Kier molecular flexibility index (Phi) is 6.58. The molecule has 156 valence electrons. The van der Waals surface area contributed by atoms with Gasteiger partial charge in [0.1, 0.15) is 12.3 Å². The van der Waals surface area contributed by atoms with Crippen LogP contribution >= 0.6 is 11.6 Å². The van der Waals surface area contributed by atoms with E-state index in [-0.39, 0.29) is 25.4 Å². The van der Waals surface area contributed by atoms with Crippen LogP contribution in [-0.4, -0.2) is 56.6 Å². The van der Waals surface area contributed by atoms with Gasteiger partial charge in [-0.15, -0.1) is 0 Å². The van der Waals surface area contributed by atoms with E-state index in [1.807, 2.05) is 0 Å². The second kappa shape index (κ2) is 9.31. The molecule has 1 unspecified atom stereocenters. The van der Waals surface area contributed by atoms with Gasteiger partial charge < -0.3 is 20.1 Å². The highest BCUT2D eigenvalue weighted by Gasteiger charge is 2.40. The number of carboxylic acids is 1. The molecule has 1 aromatic carbocycles. The monoisotopic (exact) mass is 432 g/mol. The van der Waals surface area contributed by atoms with E-state index in [9.17, 15) is 19.2 Å². The number of likely N-dealkylation sites (tertiary alicyclic amines) is 1. The van der Waals surface area contributed by atoms with E-state index in [1.165, 1.54) is 17.3 Å². The van der Waals surface area contributed by atoms with E-state index >= 15 is 0 Å². The molecule has 2 heterocycles.